The van der Waals surface area contributed by atoms with Gasteiger partial charge < -0.3 is 4.74 Å². The van der Waals surface area contributed by atoms with Crippen molar-refractivity contribution in [2.24, 2.45) is 52.3 Å². The Morgan fingerprint density at radius 3 is 2.38 bits per heavy atom. The number of Topliss-reactive ketones (excluding diaryl/α,β-unsaturated/α-hetero) is 1. The fourth-order valence-electron chi connectivity index (χ4n) is 9.37. The molecule has 4 aliphatic rings. The predicted octanol–water partition coefficient (Wildman–Crippen LogP) is 7.22. The number of carbonyl (C=O) groups excluding carboxylic acids is 2. The summed E-state index contributed by atoms with van der Waals surface area (Å²) < 4.78 is 5.55. The van der Waals surface area contributed by atoms with Gasteiger partial charge in [-0.25, -0.2) is 0 Å². The fourth-order valence-corrected chi connectivity index (χ4v) is 9.37. The molecule has 0 radical (unpaired) electrons. The van der Waals surface area contributed by atoms with Gasteiger partial charge in [0.1, 0.15) is 11.9 Å². The summed E-state index contributed by atoms with van der Waals surface area (Å²) in [5, 5.41) is 0. The molecule has 4 aliphatic carbocycles. The van der Waals surface area contributed by atoms with Crippen LogP contribution in [0, 0.1) is 52.3 Å². The highest BCUT2D eigenvalue weighted by molar-refractivity contribution is 5.83. The molecule has 0 aromatic heterocycles. The molecule has 0 heterocycles. The quantitative estimate of drug-likeness (QED) is 0.406. The molecule has 4 saturated carbocycles. The Balaban J connectivity index is 1.48. The molecular formula is C29H48O3. The largest absolute Gasteiger partial charge is 0.463 e. The molecule has 0 spiro atoms. The van der Waals surface area contributed by atoms with E-state index in [-0.39, 0.29) is 23.4 Å². The molecule has 32 heavy (non-hydrogen) atoms. The summed E-state index contributed by atoms with van der Waals surface area (Å²) in [7, 11) is 0. The van der Waals surface area contributed by atoms with Crippen LogP contribution < -0.4 is 0 Å². The second-order valence-electron chi connectivity index (χ2n) is 13.1. The topological polar surface area (TPSA) is 43.4 Å². The van der Waals surface area contributed by atoms with Gasteiger partial charge in [0, 0.05) is 19.3 Å². The van der Waals surface area contributed by atoms with Crippen molar-refractivity contribution in [3.05, 3.63) is 0 Å². The molecule has 0 aromatic rings. The minimum absolute atomic E-state index is 0.0533. The number of esters is 1. The summed E-state index contributed by atoms with van der Waals surface area (Å²) >= 11 is 0. The lowest BCUT2D eigenvalue weighted by molar-refractivity contribution is -0.169. The van der Waals surface area contributed by atoms with Gasteiger partial charge in [-0.2, -0.15) is 0 Å². The van der Waals surface area contributed by atoms with Crippen LogP contribution >= 0.6 is 0 Å². The average molecular weight is 445 g/mol. The zero-order valence-electron chi connectivity index (χ0n) is 21.6. The van der Waals surface area contributed by atoms with Crippen LogP contribution in [0.5, 0.6) is 0 Å². The molecule has 0 aliphatic heterocycles. The van der Waals surface area contributed by atoms with Crippen LogP contribution in [0.2, 0.25) is 0 Å². The summed E-state index contributed by atoms with van der Waals surface area (Å²) in [6, 6.07) is 0. The number of carbonyl (C=O) groups is 2. The van der Waals surface area contributed by atoms with Crippen molar-refractivity contribution in [1.29, 1.82) is 0 Å². The van der Waals surface area contributed by atoms with Crippen LogP contribution in [0.15, 0.2) is 0 Å². The van der Waals surface area contributed by atoms with E-state index in [4.69, 9.17) is 4.74 Å². The Kier molecular flexibility index (Phi) is 6.87. The van der Waals surface area contributed by atoms with Crippen molar-refractivity contribution < 1.29 is 14.3 Å². The van der Waals surface area contributed by atoms with Crippen LogP contribution in [0.4, 0.5) is 0 Å². The SMILES string of the molecule is CC(=O)O[C@@H]1CC[C@@]2(C)[C@H](C1)C(=O)C[C@H]1[C@H]3CC[C@H]([C@H](C)CCCC(C)C)[C@]3(C)CC[C@H]12. The lowest BCUT2D eigenvalue weighted by Crippen LogP contribution is -2.57. The number of fused-ring (bicyclic) bond motifs is 5. The Morgan fingerprint density at radius 2 is 1.69 bits per heavy atom. The molecule has 0 amide bonds. The lowest BCUT2D eigenvalue weighted by Gasteiger charge is -2.60. The Bertz CT molecular complexity index is 713. The summed E-state index contributed by atoms with van der Waals surface area (Å²) in [5.41, 5.74) is 0.537. The second kappa shape index (κ2) is 9.06. The van der Waals surface area contributed by atoms with Crippen molar-refractivity contribution in [2.75, 3.05) is 0 Å². The number of hydrogen-bond acceptors (Lipinski definition) is 3. The molecule has 4 fully saturated rings. The summed E-state index contributed by atoms with van der Waals surface area (Å²) in [6.45, 7) is 13.7. The molecule has 9 atom stereocenters. The monoisotopic (exact) mass is 444 g/mol. The molecular weight excluding hydrogens is 396 g/mol. The third-order valence-corrected chi connectivity index (χ3v) is 10.9. The predicted molar refractivity (Wildman–Crippen MR) is 129 cm³/mol. The summed E-state index contributed by atoms with van der Waals surface area (Å²) in [5.74, 6) is 4.81. The van der Waals surface area contributed by atoms with E-state index >= 15 is 0 Å². The molecule has 0 bridgehead atoms. The van der Waals surface area contributed by atoms with Gasteiger partial charge in [-0.15, -0.1) is 0 Å². The van der Waals surface area contributed by atoms with Gasteiger partial charge in [-0.05, 0) is 91.3 Å². The number of hydrogen-bond donors (Lipinski definition) is 0. The molecule has 0 unspecified atom stereocenters. The van der Waals surface area contributed by atoms with Crippen molar-refractivity contribution in [2.45, 2.75) is 118 Å². The number of ketones is 1. The first kappa shape index (κ1) is 24.3. The first-order chi connectivity index (χ1) is 15.1. The zero-order valence-corrected chi connectivity index (χ0v) is 21.6. The number of rotatable bonds is 6. The third kappa shape index (κ3) is 4.20. The van der Waals surface area contributed by atoms with Gasteiger partial charge in [-0.1, -0.05) is 53.9 Å². The van der Waals surface area contributed by atoms with E-state index in [0.29, 0.717) is 23.0 Å². The lowest BCUT2D eigenvalue weighted by atomic mass is 9.44. The Labute approximate surface area is 196 Å². The summed E-state index contributed by atoms with van der Waals surface area (Å²) in [4.78, 5) is 25.0. The molecule has 0 N–H and O–H groups in total. The summed E-state index contributed by atoms with van der Waals surface area (Å²) in [6.07, 6.45) is 12.9. The van der Waals surface area contributed by atoms with Crippen LogP contribution in [-0.2, 0) is 14.3 Å². The Morgan fingerprint density at radius 1 is 1.00 bits per heavy atom. The number of ether oxygens (including phenoxy) is 1. The maximum atomic E-state index is 13.5. The maximum Gasteiger partial charge on any atom is 0.302 e. The highest BCUT2D eigenvalue weighted by atomic mass is 16.5. The van der Waals surface area contributed by atoms with Crippen LogP contribution in [0.1, 0.15) is 112 Å². The van der Waals surface area contributed by atoms with Gasteiger partial charge in [0.2, 0.25) is 0 Å². The van der Waals surface area contributed by atoms with E-state index in [0.717, 1.165) is 49.4 Å². The smallest absolute Gasteiger partial charge is 0.302 e. The van der Waals surface area contributed by atoms with E-state index in [1.54, 1.807) is 0 Å². The second-order valence-corrected chi connectivity index (χ2v) is 13.1. The van der Waals surface area contributed by atoms with Crippen LogP contribution in [0.3, 0.4) is 0 Å². The highest BCUT2D eigenvalue weighted by Gasteiger charge is 2.62. The first-order valence-electron chi connectivity index (χ1n) is 13.8. The standard InChI is InChI=1S/C29H48O3/c1-18(2)8-7-9-19(3)23-10-11-24-22-17-27(31)26-16-21(32-20(4)30)12-14-29(26,6)25(22)13-15-28(23,24)5/h18-19,21-26H,7-17H2,1-6H3/t19-,21-,22+,23-,24-,25-,26-,28+,29-/m1/s1. The van der Waals surface area contributed by atoms with Crippen molar-refractivity contribution >= 4 is 11.8 Å². The van der Waals surface area contributed by atoms with Crippen molar-refractivity contribution in [3.63, 3.8) is 0 Å². The molecule has 3 heteroatoms. The fraction of sp³-hybridized carbons (Fsp3) is 0.931. The van der Waals surface area contributed by atoms with Crippen molar-refractivity contribution in [3.8, 4) is 0 Å². The molecule has 0 saturated heterocycles. The van der Waals surface area contributed by atoms with E-state index < -0.39 is 0 Å². The Hall–Kier alpha value is -0.860. The van der Waals surface area contributed by atoms with E-state index in [1.165, 1.54) is 51.9 Å². The third-order valence-electron chi connectivity index (χ3n) is 10.9. The van der Waals surface area contributed by atoms with E-state index in [1.807, 2.05) is 0 Å². The van der Waals surface area contributed by atoms with Crippen LogP contribution in [0.25, 0.3) is 0 Å². The average Bonchev–Trinajstić information content (AvgIpc) is 3.06. The maximum absolute atomic E-state index is 13.5. The van der Waals surface area contributed by atoms with Crippen molar-refractivity contribution in [1.82, 2.24) is 0 Å². The molecule has 0 aromatic carbocycles. The van der Waals surface area contributed by atoms with Gasteiger partial charge in [0.15, 0.2) is 0 Å². The first-order valence-corrected chi connectivity index (χ1v) is 13.8. The highest BCUT2D eigenvalue weighted by Crippen LogP contribution is 2.68. The van der Waals surface area contributed by atoms with Crippen LogP contribution in [-0.4, -0.2) is 17.9 Å². The molecule has 182 valence electrons. The van der Waals surface area contributed by atoms with Gasteiger partial charge in [0.05, 0.1) is 0 Å². The van der Waals surface area contributed by atoms with E-state index in [9.17, 15) is 9.59 Å². The zero-order chi connectivity index (χ0) is 23.3. The van der Waals surface area contributed by atoms with E-state index in [2.05, 4.69) is 34.6 Å². The minimum atomic E-state index is -0.201. The van der Waals surface area contributed by atoms with Gasteiger partial charge in [0.25, 0.3) is 0 Å². The molecule has 4 rings (SSSR count). The minimum Gasteiger partial charge on any atom is -0.463 e. The van der Waals surface area contributed by atoms with Gasteiger partial charge in [-0.3, -0.25) is 9.59 Å². The van der Waals surface area contributed by atoms with Gasteiger partial charge >= 0.3 is 5.97 Å². The molecule has 3 nitrogen and oxygen atoms in total. The normalized spacial score (nSPS) is 44.5.